The monoisotopic (exact) mass is 295 g/mol. The third-order valence-corrected chi connectivity index (χ3v) is 3.81. The summed E-state index contributed by atoms with van der Waals surface area (Å²) in [6.45, 7) is 1.50. The van der Waals surface area contributed by atoms with Crippen molar-refractivity contribution in [1.29, 1.82) is 0 Å². The number of hydrogen-bond acceptors (Lipinski definition) is 5. The first kappa shape index (κ1) is 16.2. The zero-order chi connectivity index (χ0) is 15.1. The Labute approximate surface area is 125 Å². The molecule has 118 valence electrons. The van der Waals surface area contributed by atoms with Crippen molar-refractivity contribution in [3.8, 4) is 5.75 Å². The van der Waals surface area contributed by atoms with Gasteiger partial charge in [-0.05, 0) is 42.5 Å². The van der Waals surface area contributed by atoms with Crippen LogP contribution in [-0.2, 0) is 12.8 Å². The highest BCUT2D eigenvalue weighted by Gasteiger charge is 2.14. The lowest BCUT2D eigenvalue weighted by Crippen LogP contribution is -2.38. The van der Waals surface area contributed by atoms with E-state index in [2.05, 4.69) is 12.1 Å². The summed E-state index contributed by atoms with van der Waals surface area (Å²) < 4.78 is 5.65. The molecule has 0 spiro atoms. The van der Waals surface area contributed by atoms with E-state index >= 15 is 0 Å². The minimum absolute atomic E-state index is 0.0123. The van der Waals surface area contributed by atoms with Crippen molar-refractivity contribution < 1.29 is 20.1 Å². The molecule has 0 aromatic heterocycles. The average molecular weight is 295 g/mol. The highest BCUT2D eigenvalue weighted by molar-refractivity contribution is 5.38. The zero-order valence-electron chi connectivity index (χ0n) is 12.4. The number of benzene rings is 1. The summed E-state index contributed by atoms with van der Waals surface area (Å²) in [4.78, 5) is 1.82. The van der Waals surface area contributed by atoms with Crippen molar-refractivity contribution in [2.45, 2.75) is 25.4 Å². The van der Waals surface area contributed by atoms with Gasteiger partial charge in [-0.15, -0.1) is 0 Å². The zero-order valence-corrected chi connectivity index (χ0v) is 12.4. The van der Waals surface area contributed by atoms with Gasteiger partial charge in [0.25, 0.3) is 0 Å². The molecule has 1 aliphatic carbocycles. The van der Waals surface area contributed by atoms with Crippen LogP contribution in [0.1, 0.15) is 17.5 Å². The normalized spacial score (nSPS) is 15.2. The van der Waals surface area contributed by atoms with Gasteiger partial charge in [-0.1, -0.05) is 6.07 Å². The number of fused-ring (bicyclic) bond motifs is 1. The first-order valence-corrected chi connectivity index (χ1v) is 7.59. The molecule has 0 heterocycles. The van der Waals surface area contributed by atoms with Crippen molar-refractivity contribution in [2.24, 2.45) is 0 Å². The molecule has 1 atom stereocenters. The Bertz CT molecular complexity index is 432. The maximum absolute atomic E-state index is 10.00. The highest BCUT2D eigenvalue weighted by atomic mass is 16.5. The van der Waals surface area contributed by atoms with Crippen molar-refractivity contribution in [3.05, 3.63) is 29.3 Å². The summed E-state index contributed by atoms with van der Waals surface area (Å²) in [5.41, 5.74) is 2.75. The van der Waals surface area contributed by atoms with E-state index in [9.17, 15) is 5.11 Å². The molecule has 0 aliphatic heterocycles. The Hall–Kier alpha value is -1.14. The van der Waals surface area contributed by atoms with Gasteiger partial charge in [0.2, 0.25) is 0 Å². The third-order valence-electron chi connectivity index (χ3n) is 3.81. The Balaban J connectivity index is 1.79. The van der Waals surface area contributed by atoms with Gasteiger partial charge < -0.3 is 20.1 Å². The second kappa shape index (κ2) is 8.34. The number of aryl methyl sites for hydroxylation is 2. The molecule has 0 unspecified atom stereocenters. The maximum atomic E-state index is 10.00. The first-order valence-electron chi connectivity index (χ1n) is 7.59. The minimum Gasteiger partial charge on any atom is -0.491 e. The number of ether oxygens (including phenoxy) is 1. The maximum Gasteiger partial charge on any atom is 0.119 e. The lowest BCUT2D eigenvalue weighted by atomic mass is 10.1. The second-order valence-electron chi connectivity index (χ2n) is 5.50. The van der Waals surface area contributed by atoms with Crippen molar-refractivity contribution in [2.75, 3.05) is 39.5 Å². The van der Waals surface area contributed by atoms with E-state index < -0.39 is 6.10 Å². The van der Waals surface area contributed by atoms with Gasteiger partial charge in [0.1, 0.15) is 18.5 Å². The number of aliphatic hydroxyl groups excluding tert-OH is 3. The van der Waals surface area contributed by atoms with E-state index in [0.717, 1.165) is 18.6 Å². The quantitative estimate of drug-likeness (QED) is 0.607. The van der Waals surface area contributed by atoms with Crippen LogP contribution in [0.5, 0.6) is 5.75 Å². The molecule has 1 aliphatic rings. The molecule has 0 bridgehead atoms. The van der Waals surface area contributed by atoms with Crippen molar-refractivity contribution in [1.82, 2.24) is 4.90 Å². The molecule has 1 aromatic carbocycles. The van der Waals surface area contributed by atoms with Gasteiger partial charge in [0.15, 0.2) is 0 Å². The molecule has 0 radical (unpaired) electrons. The van der Waals surface area contributed by atoms with Crippen LogP contribution >= 0.6 is 0 Å². The lowest BCUT2D eigenvalue weighted by molar-refractivity contribution is 0.0552. The molecular formula is C16H25NO4. The molecule has 1 aromatic rings. The van der Waals surface area contributed by atoms with Crippen LogP contribution in [0, 0.1) is 0 Å². The average Bonchev–Trinajstić information content (AvgIpc) is 2.93. The van der Waals surface area contributed by atoms with E-state index in [4.69, 9.17) is 14.9 Å². The molecule has 5 heteroatoms. The van der Waals surface area contributed by atoms with E-state index in [1.165, 1.54) is 17.5 Å². The first-order chi connectivity index (χ1) is 10.2. The SMILES string of the molecule is OCCN(CCO)C[C@H](O)COc1ccc2c(c1)CCC2. The molecule has 0 saturated heterocycles. The number of hydrogen-bond donors (Lipinski definition) is 3. The van der Waals surface area contributed by atoms with E-state index in [1.54, 1.807) is 0 Å². The van der Waals surface area contributed by atoms with Crippen LogP contribution < -0.4 is 4.74 Å². The fourth-order valence-corrected chi connectivity index (χ4v) is 2.76. The smallest absolute Gasteiger partial charge is 0.119 e. The molecule has 2 rings (SSSR count). The number of nitrogens with zero attached hydrogens (tertiary/aromatic N) is 1. The van der Waals surface area contributed by atoms with Crippen LogP contribution in [0.15, 0.2) is 18.2 Å². The largest absolute Gasteiger partial charge is 0.491 e. The van der Waals surface area contributed by atoms with E-state index in [-0.39, 0.29) is 19.8 Å². The molecule has 5 nitrogen and oxygen atoms in total. The van der Waals surface area contributed by atoms with Crippen LogP contribution in [-0.4, -0.2) is 65.8 Å². The summed E-state index contributed by atoms with van der Waals surface area (Å²) >= 11 is 0. The number of rotatable bonds is 9. The Kier molecular flexibility index (Phi) is 6.45. The van der Waals surface area contributed by atoms with Gasteiger partial charge in [0, 0.05) is 19.6 Å². The Morgan fingerprint density at radius 1 is 1.10 bits per heavy atom. The fraction of sp³-hybridized carbons (Fsp3) is 0.625. The molecular weight excluding hydrogens is 270 g/mol. The fourth-order valence-electron chi connectivity index (χ4n) is 2.76. The second-order valence-corrected chi connectivity index (χ2v) is 5.50. The predicted octanol–water partition coefficient (Wildman–Crippen LogP) is 0.202. The van der Waals surface area contributed by atoms with Crippen LogP contribution in [0.2, 0.25) is 0 Å². The molecule has 0 saturated carbocycles. The van der Waals surface area contributed by atoms with Gasteiger partial charge >= 0.3 is 0 Å². The highest BCUT2D eigenvalue weighted by Crippen LogP contribution is 2.26. The topological polar surface area (TPSA) is 73.2 Å². The van der Waals surface area contributed by atoms with Gasteiger partial charge in [-0.2, -0.15) is 0 Å². The summed E-state index contributed by atoms with van der Waals surface area (Å²) in [5, 5.41) is 27.9. The van der Waals surface area contributed by atoms with Crippen LogP contribution in [0.25, 0.3) is 0 Å². The van der Waals surface area contributed by atoms with Crippen LogP contribution in [0.3, 0.4) is 0 Å². The summed E-state index contributed by atoms with van der Waals surface area (Å²) in [6.07, 6.45) is 2.82. The summed E-state index contributed by atoms with van der Waals surface area (Å²) in [5.74, 6) is 0.797. The number of aliphatic hydroxyl groups is 3. The van der Waals surface area contributed by atoms with E-state index in [0.29, 0.717) is 19.6 Å². The Morgan fingerprint density at radius 3 is 2.52 bits per heavy atom. The summed E-state index contributed by atoms with van der Waals surface area (Å²) in [7, 11) is 0. The van der Waals surface area contributed by atoms with Gasteiger partial charge in [0.05, 0.1) is 13.2 Å². The molecule has 3 N–H and O–H groups in total. The van der Waals surface area contributed by atoms with Gasteiger partial charge in [-0.3, -0.25) is 4.90 Å². The lowest BCUT2D eigenvalue weighted by Gasteiger charge is -2.23. The molecule has 0 amide bonds. The van der Waals surface area contributed by atoms with Crippen LogP contribution in [0.4, 0.5) is 0 Å². The standard InChI is InChI=1S/C16H25NO4/c18-8-6-17(7-9-19)11-15(20)12-21-16-5-4-13-2-1-3-14(13)10-16/h4-5,10,15,18-20H,1-3,6-9,11-12H2/t15-/m0/s1. The Morgan fingerprint density at radius 2 is 1.81 bits per heavy atom. The third kappa shape index (κ3) is 4.97. The summed E-state index contributed by atoms with van der Waals surface area (Å²) in [6, 6.07) is 6.12. The van der Waals surface area contributed by atoms with Crippen molar-refractivity contribution in [3.63, 3.8) is 0 Å². The van der Waals surface area contributed by atoms with E-state index in [1.807, 2.05) is 11.0 Å². The molecule has 21 heavy (non-hydrogen) atoms. The van der Waals surface area contributed by atoms with Gasteiger partial charge in [-0.25, -0.2) is 0 Å². The predicted molar refractivity (Wildman–Crippen MR) is 80.6 cm³/mol. The van der Waals surface area contributed by atoms with Crippen molar-refractivity contribution >= 4 is 0 Å². The minimum atomic E-state index is -0.642. The molecule has 0 fully saturated rings.